The molecule has 0 spiro atoms. The van der Waals surface area contributed by atoms with Crippen LogP contribution in [0.25, 0.3) is 0 Å². The van der Waals surface area contributed by atoms with Gasteiger partial charge >= 0.3 is 0 Å². The summed E-state index contributed by atoms with van der Waals surface area (Å²) < 4.78 is 0. The number of benzene rings is 2. The Kier molecular flexibility index (Phi) is 4.55. The molecule has 0 bridgehead atoms. The number of hydrogen-bond acceptors (Lipinski definition) is 2. The van der Waals surface area contributed by atoms with Crippen LogP contribution >= 0.6 is 12.2 Å². The fourth-order valence-electron chi connectivity index (χ4n) is 1.88. The molecule has 108 valence electrons. The fraction of sp³-hybridized carbons (Fsp3) is 0.125. The van der Waals surface area contributed by atoms with Gasteiger partial charge in [-0.15, -0.1) is 0 Å². The Hall–Kier alpha value is -2.40. The van der Waals surface area contributed by atoms with Crippen LogP contribution in [0.3, 0.4) is 0 Å². The number of thiocarbonyl (C=S) groups is 1. The standard InChI is InChI=1S/C16H17N3OS/c1-10-3-6-12(7-4-10)15(20)19-14-9-13(18-16(17)21)8-5-11(14)2/h3-9H,1-2H3,(H,19,20)(H3,17,18,21). The lowest BCUT2D eigenvalue weighted by molar-refractivity contribution is 0.102. The zero-order chi connectivity index (χ0) is 15.4. The Labute approximate surface area is 129 Å². The van der Waals surface area contributed by atoms with Crippen molar-refractivity contribution in [2.45, 2.75) is 13.8 Å². The Bertz CT molecular complexity index is 680. The summed E-state index contributed by atoms with van der Waals surface area (Å²) in [5.74, 6) is -0.148. The summed E-state index contributed by atoms with van der Waals surface area (Å²) in [5, 5.41) is 5.94. The molecule has 0 atom stereocenters. The maximum atomic E-state index is 12.2. The number of anilines is 2. The van der Waals surface area contributed by atoms with Crippen molar-refractivity contribution in [1.82, 2.24) is 0 Å². The van der Waals surface area contributed by atoms with Gasteiger partial charge in [0, 0.05) is 16.9 Å². The van der Waals surface area contributed by atoms with Gasteiger partial charge in [0.15, 0.2) is 5.11 Å². The molecule has 0 saturated carbocycles. The van der Waals surface area contributed by atoms with E-state index in [1.54, 1.807) is 18.2 Å². The molecule has 0 radical (unpaired) electrons. The van der Waals surface area contributed by atoms with Crippen molar-refractivity contribution < 1.29 is 4.79 Å². The Morgan fingerprint density at radius 3 is 2.33 bits per heavy atom. The lowest BCUT2D eigenvalue weighted by Gasteiger charge is -2.11. The Morgan fingerprint density at radius 2 is 1.71 bits per heavy atom. The molecule has 0 aliphatic carbocycles. The molecule has 1 amide bonds. The highest BCUT2D eigenvalue weighted by atomic mass is 32.1. The third-order valence-electron chi connectivity index (χ3n) is 3.07. The van der Waals surface area contributed by atoms with Crippen LogP contribution in [0.4, 0.5) is 11.4 Å². The minimum Gasteiger partial charge on any atom is -0.376 e. The summed E-state index contributed by atoms with van der Waals surface area (Å²) >= 11 is 4.81. The van der Waals surface area contributed by atoms with Gasteiger partial charge in [-0.25, -0.2) is 0 Å². The van der Waals surface area contributed by atoms with Crippen molar-refractivity contribution in [1.29, 1.82) is 0 Å². The third kappa shape index (κ3) is 4.03. The van der Waals surface area contributed by atoms with E-state index in [1.165, 1.54) is 0 Å². The van der Waals surface area contributed by atoms with Crippen LogP contribution in [-0.4, -0.2) is 11.0 Å². The van der Waals surface area contributed by atoms with E-state index in [9.17, 15) is 4.79 Å². The molecule has 2 aromatic carbocycles. The molecule has 2 rings (SSSR count). The minimum absolute atomic E-state index is 0.148. The molecule has 21 heavy (non-hydrogen) atoms. The first kappa shape index (κ1) is 15.0. The molecule has 0 unspecified atom stereocenters. The predicted molar refractivity (Wildman–Crippen MR) is 90.7 cm³/mol. The third-order valence-corrected chi connectivity index (χ3v) is 3.17. The molecule has 5 heteroatoms. The molecule has 0 fully saturated rings. The minimum atomic E-state index is -0.148. The number of rotatable bonds is 3. The average Bonchev–Trinajstić information content (AvgIpc) is 2.42. The van der Waals surface area contributed by atoms with E-state index in [2.05, 4.69) is 10.6 Å². The van der Waals surface area contributed by atoms with Crippen molar-refractivity contribution >= 4 is 34.6 Å². The molecular formula is C16H17N3OS. The predicted octanol–water partition coefficient (Wildman–Crippen LogP) is 3.21. The van der Waals surface area contributed by atoms with E-state index in [0.29, 0.717) is 5.56 Å². The first-order valence-electron chi connectivity index (χ1n) is 6.51. The quantitative estimate of drug-likeness (QED) is 0.761. The lowest BCUT2D eigenvalue weighted by Crippen LogP contribution is -2.19. The van der Waals surface area contributed by atoms with Crippen molar-refractivity contribution in [3.63, 3.8) is 0 Å². The molecule has 0 aromatic heterocycles. The first-order chi connectivity index (χ1) is 9.95. The van der Waals surface area contributed by atoms with Gasteiger partial charge in [0.1, 0.15) is 0 Å². The van der Waals surface area contributed by atoms with Crippen LogP contribution in [0, 0.1) is 13.8 Å². The maximum absolute atomic E-state index is 12.2. The van der Waals surface area contributed by atoms with Crippen molar-refractivity contribution in [3.05, 3.63) is 59.2 Å². The number of carbonyl (C=O) groups excluding carboxylic acids is 1. The zero-order valence-electron chi connectivity index (χ0n) is 11.9. The van der Waals surface area contributed by atoms with Gasteiger partial charge in [0.25, 0.3) is 5.91 Å². The van der Waals surface area contributed by atoms with Crippen molar-refractivity contribution in [3.8, 4) is 0 Å². The van der Waals surface area contributed by atoms with E-state index in [0.717, 1.165) is 22.5 Å². The van der Waals surface area contributed by atoms with E-state index in [-0.39, 0.29) is 11.0 Å². The molecule has 2 aromatic rings. The average molecular weight is 299 g/mol. The van der Waals surface area contributed by atoms with E-state index >= 15 is 0 Å². The van der Waals surface area contributed by atoms with Gasteiger partial charge in [-0.2, -0.15) is 0 Å². The van der Waals surface area contributed by atoms with Crippen molar-refractivity contribution in [2.75, 3.05) is 10.6 Å². The summed E-state index contributed by atoms with van der Waals surface area (Å²) in [6, 6.07) is 13.0. The first-order valence-corrected chi connectivity index (χ1v) is 6.91. The van der Waals surface area contributed by atoms with Crippen LogP contribution in [0.5, 0.6) is 0 Å². The van der Waals surface area contributed by atoms with Gasteiger partial charge < -0.3 is 16.4 Å². The summed E-state index contributed by atoms with van der Waals surface area (Å²) in [4.78, 5) is 12.2. The lowest BCUT2D eigenvalue weighted by atomic mass is 10.1. The van der Waals surface area contributed by atoms with Crippen LogP contribution in [0.15, 0.2) is 42.5 Å². The van der Waals surface area contributed by atoms with E-state index in [4.69, 9.17) is 18.0 Å². The number of carbonyl (C=O) groups is 1. The van der Waals surface area contributed by atoms with Crippen LogP contribution in [-0.2, 0) is 0 Å². The van der Waals surface area contributed by atoms with Gasteiger partial charge in [-0.3, -0.25) is 4.79 Å². The number of aryl methyl sites for hydroxylation is 2. The van der Waals surface area contributed by atoms with Gasteiger partial charge in [-0.1, -0.05) is 23.8 Å². The van der Waals surface area contributed by atoms with Gasteiger partial charge in [-0.05, 0) is 55.9 Å². The number of nitrogens with one attached hydrogen (secondary N) is 2. The topological polar surface area (TPSA) is 67.2 Å². The molecular weight excluding hydrogens is 282 g/mol. The van der Waals surface area contributed by atoms with Gasteiger partial charge in [0.05, 0.1) is 0 Å². The Balaban J connectivity index is 2.20. The van der Waals surface area contributed by atoms with Crippen molar-refractivity contribution in [2.24, 2.45) is 5.73 Å². The van der Waals surface area contributed by atoms with Crippen LogP contribution < -0.4 is 16.4 Å². The van der Waals surface area contributed by atoms with Crippen LogP contribution in [0.2, 0.25) is 0 Å². The summed E-state index contributed by atoms with van der Waals surface area (Å²) in [6.07, 6.45) is 0. The number of hydrogen-bond donors (Lipinski definition) is 3. The molecule has 0 heterocycles. The van der Waals surface area contributed by atoms with Crippen LogP contribution in [0.1, 0.15) is 21.5 Å². The normalized spacial score (nSPS) is 10.0. The highest BCUT2D eigenvalue weighted by Gasteiger charge is 2.08. The Morgan fingerprint density at radius 1 is 1.05 bits per heavy atom. The highest BCUT2D eigenvalue weighted by molar-refractivity contribution is 7.80. The molecule has 4 nitrogen and oxygen atoms in total. The fourth-order valence-corrected chi connectivity index (χ4v) is 1.99. The molecule has 0 aliphatic rings. The number of amides is 1. The SMILES string of the molecule is Cc1ccc(C(=O)Nc2cc(NC(N)=S)ccc2C)cc1. The second kappa shape index (κ2) is 6.37. The second-order valence-electron chi connectivity index (χ2n) is 4.84. The zero-order valence-corrected chi connectivity index (χ0v) is 12.8. The molecule has 0 saturated heterocycles. The largest absolute Gasteiger partial charge is 0.376 e. The summed E-state index contributed by atoms with van der Waals surface area (Å²) in [7, 11) is 0. The summed E-state index contributed by atoms with van der Waals surface area (Å²) in [6.45, 7) is 3.91. The van der Waals surface area contributed by atoms with E-state index in [1.807, 2.05) is 38.1 Å². The molecule has 4 N–H and O–H groups in total. The highest BCUT2D eigenvalue weighted by Crippen LogP contribution is 2.21. The molecule has 0 aliphatic heterocycles. The van der Waals surface area contributed by atoms with Gasteiger partial charge in [0.2, 0.25) is 0 Å². The van der Waals surface area contributed by atoms with E-state index < -0.39 is 0 Å². The maximum Gasteiger partial charge on any atom is 0.255 e. The second-order valence-corrected chi connectivity index (χ2v) is 5.28. The monoisotopic (exact) mass is 299 g/mol. The number of nitrogens with two attached hydrogens (primary N) is 1. The smallest absolute Gasteiger partial charge is 0.255 e. The summed E-state index contributed by atoms with van der Waals surface area (Å²) in [5.41, 5.74) is 9.62.